The molecule has 3 rings (SSSR count). The van der Waals surface area contributed by atoms with E-state index in [1.54, 1.807) is 0 Å². The maximum atomic E-state index is 6.25. The molecule has 0 saturated heterocycles. The van der Waals surface area contributed by atoms with Crippen LogP contribution in [0.4, 0.5) is 5.69 Å². The SMILES string of the molecule is CCn1c(C=CN(C)c2ccccc2)[n+](CC)c2cc(Cl)c(Cl)cc21. The molecule has 0 amide bonds. The highest BCUT2D eigenvalue weighted by Crippen LogP contribution is 2.28. The van der Waals surface area contributed by atoms with Crippen molar-refractivity contribution in [1.82, 2.24) is 4.57 Å². The summed E-state index contributed by atoms with van der Waals surface area (Å²) in [6.45, 7) is 5.99. The minimum absolute atomic E-state index is 0.585. The van der Waals surface area contributed by atoms with Crippen molar-refractivity contribution in [2.24, 2.45) is 0 Å². The van der Waals surface area contributed by atoms with Crippen LogP contribution >= 0.6 is 23.2 Å². The molecule has 0 unspecified atom stereocenters. The summed E-state index contributed by atoms with van der Waals surface area (Å²) in [5, 5.41) is 1.17. The van der Waals surface area contributed by atoms with Gasteiger partial charge in [0.2, 0.25) is 0 Å². The Labute approximate surface area is 158 Å². The number of rotatable bonds is 5. The highest BCUT2D eigenvalue weighted by molar-refractivity contribution is 6.42. The number of aromatic nitrogens is 2. The first-order valence-electron chi connectivity index (χ1n) is 8.44. The van der Waals surface area contributed by atoms with Gasteiger partial charge in [0.25, 0.3) is 5.82 Å². The fourth-order valence-electron chi connectivity index (χ4n) is 3.12. The molecule has 0 atom stereocenters. The molecule has 0 N–H and O–H groups in total. The van der Waals surface area contributed by atoms with Gasteiger partial charge >= 0.3 is 0 Å². The minimum Gasteiger partial charge on any atom is -0.351 e. The van der Waals surface area contributed by atoms with Gasteiger partial charge in [-0.3, -0.25) is 0 Å². The van der Waals surface area contributed by atoms with Crippen LogP contribution in [-0.2, 0) is 13.1 Å². The fraction of sp³-hybridized carbons (Fsp3) is 0.250. The topological polar surface area (TPSA) is 12.1 Å². The first kappa shape index (κ1) is 17.8. The van der Waals surface area contributed by atoms with E-state index in [4.69, 9.17) is 23.2 Å². The Balaban J connectivity index is 2.10. The number of para-hydroxylation sites is 1. The largest absolute Gasteiger partial charge is 0.351 e. The molecule has 0 aliphatic carbocycles. The molecule has 2 aromatic carbocycles. The Bertz CT molecular complexity index is 867. The van der Waals surface area contributed by atoms with Gasteiger partial charge in [-0.2, -0.15) is 0 Å². The van der Waals surface area contributed by atoms with Crippen molar-refractivity contribution >= 4 is 46.0 Å². The Hall–Kier alpha value is -1.97. The Morgan fingerprint density at radius 2 is 1.76 bits per heavy atom. The molecule has 0 aliphatic rings. The van der Waals surface area contributed by atoms with Crippen molar-refractivity contribution in [2.75, 3.05) is 11.9 Å². The smallest absolute Gasteiger partial charge is 0.283 e. The van der Waals surface area contributed by atoms with Gasteiger partial charge in [-0.05, 0) is 26.0 Å². The fourth-order valence-corrected chi connectivity index (χ4v) is 3.44. The molecule has 0 spiro atoms. The van der Waals surface area contributed by atoms with E-state index >= 15 is 0 Å². The van der Waals surface area contributed by atoms with Crippen LogP contribution in [0.1, 0.15) is 19.7 Å². The van der Waals surface area contributed by atoms with E-state index in [9.17, 15) is 0 Å². The number of anilines is 1. The minimum atomic E-state index is 0.585. The molecular weight excluding hydrogens is 353 g/mol. The third-order valence-corrected chi connectivity index (χ3v) is 5.12. The Kier molecular flexibility index (Phi) is 5.36. The zero-order valence-corrected chi connectivity index (χ0v) is 16.2. The zero-order chi connectivity index (χ0) is 18.0. The van der Waals surface area contributed by atoms with Crippen molar-refractivity contribution in [3.05, 3.63) is 64.5 Å². The second-order valence-corrected chi connectivity index (χ2v) is 6.68. The van der Waals surface area contributed by atoms with E-state index in [0.29, 0.717) is 10.0 Å². The average molecular weight is 375 g/mol. The van der Waals surface area contributed by atoms with Crippen LogP contribution < -0.4 is 9.47 Å². The molecule has 0 fully saturated rings. The van der Waals surface area contributed by atoms with E-state index in [-0.39, 0.29) is 0 Å². The normalized spacial score (nSPS) is 11.6. The van der Waals surface area contributed by atoms with Crippen LogP contribution in [0.5, 0.6) is 0 Å². The molecule has 3 nitrogen and oxygen atoms in total. The van der Waals surface area contributed by atoms with Gasteiger partial charge in [0.1, 0.15) is 0 Å². The molecule has 1 heterocycles. The maximum absolute atomic E-state index is 6.25. The van der Waals surface area contributed by atoms with Crippen molar-refractivity contribution in [1.29, 1.82) is 0 Å². The molecule has 5 heteroatoms. The number of aryl methyl sites for hydroxylation is 2. The molecule has 25 heavy (non-hydrogen) atoms. The number of benzene rings is 2. The van der Waals surface area contributed by atoms with Gasteiger partial charge in [-0.15, -0.1) is 0 Å². The number of nitrogens with zero attached hydrogens (tertiary/aromatic N) is 3. The maximum Gasteiger partial charge on any atom is 0.283 e. The van der Waals surface area contributed by atoms with Crippen LogP contribution in [0.2, 0.25) is 10.0 Å². The van der Waals surface area contributed by atoms with Crippen molar-refractivity contribution in [3.8, 4) is 0 Å². The van der Waals surface area contributed by atoms with Gasteiger partial charge in [0, 0.05) is 37.1 Å². The summed E-state index contributed by atoms with van der Waals surface area (Å²) in [6.07, 6.45) is 4.23. The van der Waals surface area contributed by atoms with Crippen molar-refractivity contribution in [2.45, 2.75) is 26.9 Å². The third-order valence-electron chi connectivity index (χ3n) is 4.40. The molecule has 0 aliphatic heterocycles. The Morgan fingerprint density at radius 1 is 1.08 bits per heavy atom. The molecule has 1 aromatic heterocycles. The zero-order valence-electron chi connectivity index (χ0n) is 14.7. The summed E-state index contributed by atoms with van der Waals surface area (Å²) in [6, 6.07) is 14.2. The number of hydrogen-bond donors (Lipinski definition) is 0. The molecule has 0 radical (unpaired) electrons. The van der Waals surface area contributed by atoms with Gasteiger partial charge in [0.05, 0.1) is 23.1 Å². The van der Waals surface area contributed by atoms with Crippen molar-refractivity contribution in [3.63, 3.8) is 0 Å². The lowest BCUT2D eigenvalue weighted by Crippen LogP contribution is -2.35. The summed E-state index contributed by atoms with van der Waals surface area (Å²) in [5.41, 5.74) is 3.34. The number of hydrogen-bond acceptors (Lipinski definition) is 1. The Morgan fingerprint density at radius 3 is 2.40 bits per heavy atom. The average Bonchev–Trinajstić information content (AvgIpc) is 2.92. The lowest BCUT2D eigenvalue weighted by Gasteiger charge is -2.13. The van der Waals surface area contributed by atoms with Crippen LogP contribution in [0.25, 0.3) is 17.1 Å². The predicted octanol–water partition coefficient (Wildman–Crippen LogP) is 5.38. The summed E-state index contributed by atoms with van der Waals surface area (Å²) >= 11 is 12.5. The molecule has 0 bridgehead atoms. The van der Waals surface area contributed by atoms with Crippen LogP contribution in [0, 0.1) is 0 Å². The summed E-state index contributed by atoms with van der Waals surface area (Å²) in [7, 11) is 2.05. The first-order valence-corrected chi connectivity index (χ1v) is 9.19. The first-order chi connectivity index (χ1) is 12.1. The highest BCUT2D eigenvalue weighted by atomic mass is 35.5. The quantitative estimate of drug-likeness (QED) is 0.545. The van der Waals surface area contributed by atoms with Crippen LogP contribution in [0.15, 0.2) is 48.7 Å². The molecule has 3 aromatic rings. The number of imidazole rings is 1. The number of halogens is 2. The van der Waals surface area contributed by atoms with E-state index < -0.39 is 0 Å². The predicted molar refractivity (Wildman–Crippen MR) is 107 cm³/mol. The van der Waals surface area contributed by atoms with Crippen molar-refractivity contribution < 1.29 is 4.57 Å². The number of fused-ring (bicyclic) bond motifs is 1. The standard InChI is InChI=1S/C20H22Cl2N3/c1-4-24-18-13-16(21)17(22)14-19(18)25(5-2)20(24)11-12-23(3)15-9-7-6-8-10-15/h6-14H,4-5H2,1-3H3/q+1. The second kappa shape index (κ2) is 7.51. The van der Waals surface area contributed by atoms with Gasteiger partial charge in [0.15, 0.2) is 11.0 Å². The molecular formula is C20H22Cl2N3+. The van der Waals surface area contributed by atoms with Gasteiger partial charge < -0.3 is 4.90 Å². The highest BCUT2D eigenvalue weighted by Gasteiger charge is 2.22. The monoisotopic (exact) mass is 374 g/mol. The van der Waals surface area contributed by atoms with E-state index in [1.807, 2.05) is 30.3 Å². The lowest BCUT2D eigenvalue weighted by atomic mass is 10.3. The van der Waals surface area contributed by atoms with Gasteiger partial charge in [-0.25, -0.2) is 9.13 Å². The van der Waals surface area contributed by atoms with E-state index in [1.165, 1.54) is 0 Å². The summed E-state index contributed by atoms with van der Waals surface area (Å²) in [4.78, 5) is 2.11. The van der Waals surface area contributed by atoms with E-state index in [2.05, 4.69) is 59.3 Å². The van der Waals surface area contributed by atoms with E-state index in [0.717, 1.165) is 35.6 Å². The lowest BCUT2D eigenvalue weighted by molar-refractivity contribution is -0.670. The van der Waals surface area contributed by atoms with Crippen LogP contribution in [-0.4, -0.2) is 11.6 Å². The molecule has 130 valence electrons. The molecule has 0 saturated carbocycles. The summed E-state index contributed by atoms with van der Waals surface area (Å²) in [5.74, 6) is 1.13. The summed E-state index contributed by atoms with van der Waals surface area (Å²) < 4.78 is 4.52. The third kappa shape index (κ3) is 3.39. The van der Waals surface area contributed by atoms with Crippen LogP contribution in [0.3, 0.4) is 0 Å². The second-order valence-electron chi connectivity index (χ2n) is 5.86. The van der Waals surface area contributed by atoms with Gasteiger partial charge in [-0.1, -0.05) is 41.4 Å².